The molecule has 0 atom stereocenters. The normalized spacial score (nSPS) is 20.2. The lowest BCUT2D eigenvalue weighted by Gasteiger charge is -2.48. The largest absolute Gasteiger partial charge is 0.379 e. The fourth-order valence-corrected chi connectivity index (χ4v) is 4.43. The lowest BCUT2D eigenvalue weighted by molar-refractivity contribution is -0.385. The van der Waals surface area contributed by atoms with Gasteiger partial charge in [0.05, 0.1) is 30.2 Å². The summed E-state index contributed by atoms with van der Waals surface area (Å²) in [5, 5.41) is 18.1. The molecule has 3 rings (SSSR count). The number of benzene rings is 1. The Morgan fingerprint density at radius 3 is 2.62 bits per heavy atom. The molecule has 1 heterocycles. The van der Waals surface area contributed by atoms with E-state index in [1.54, 1.807) is 12.1 Å². The van der Waals surface area contributed by atoms with E-state index in [0.29, 0.717) is 11.5 Å². The molecule has 1 saturated carbocycles. The second-order valence-electron chi connectivity index (χ2n) is 7.82. The number of hydrogen-bond donors (Lipinski definition) is 2. The summed E-state index contributed by atoms with van der Waals surface area (Å²) in [5.41, 5.74) is 0.871. The summed E-state index contributed by atoms with van der Waals surface area (Å²) in [6, 6.07) is 6.79. The van der Waals surface area contributed by atoms with E-state index in [2.05, 4.69) is 20.5 Å². The van der Waals surface area contributed by atoms with Gasteiger partial charge in [-0.05, 0) is 19.8 Å². The van der Waals surface area contributed by atoms with E-state index in [1.807, 2.05) is 13.0 Å². The van der Waals surface area contributed by atoms with Crippen LogP contribution >= 0.6 is 0 Å². The van der Waals surface area contributed by atoms with Crippen LogP contribution in [0.3, 0.4) is 0 Å². The summed E-state index contributed by atoms with van der Waals surface area (Å²) >= 11 is 0. The summed E-state index contributed by atoms with van der Waals surface area (Å²) in [5.74, 6) is 0.712. The highest BCUT2D eigenvalue weighted by Crippen LogP contribution is 2.33. The minimum atomic E-state index is -0.347. The van der Waals surface area contributed by atoms with Crippen molar-refractivity contribution >= 4 is 11.6 Å². The zero-order valence-electron chi connectivity index (χ0n) is 17.4. The van der Waals surface area contributed by atoms with Crippen molar-refractivity contribution in [2.24, 2.45) is 4.99 Å². The number of nitro groups is 1. The number of hydrogen-bond acceptors (Lipinski definition) is 5. The maximum Gasteiger partial charge on any atom is 0.274 e. The highest BCUT2D eigenvalue weighted by Gasteiger charge is 2.38. The quantitative estimate of drug-likeness (QED) is 0.315. The number of aliphatic imine (C=N–C) groups is 1. The Labute approximate surface area is 172 Å². The third kappa shape index (κ3) is 5.67. The van der Waals surface area contributed by atoms with Crippen molar-refractivity contribution in [1.82, 2.24) is 15.5 Å². The van der Waals surface area contributed by atoms with Crippen LogP contribution in [0.2, 0.25) is 0 Å². The molecule has 2 N–H and O–H groups in total. The van der Waals surface area contributed by atoms with E-state index < -0.39 is 0 Å². The van der Waals surface area contributed by atoms with Crippen molar-refractivity contribution in [3.05, 3.63) is 39.9 Å². The molecule has 0 bridgehead atoms. The van der Waals surface area contributed by atoms with Crippen LogP contribution in [0.15, 0.2) is 29.3 Å². The highest BCUT2D eigenvalue weighted by molar-refractivity contribution is 5.79. The zero-order valence-corrected chi connectivity index (χ0v) is 17.4. The Bertz CT molecular complexity index is 697. The molecule has 1 aliphatic carbocycles. The van der Waals surface area contributed by atoms with Gasteiger partial charge >= 0.3 is 0 Å². The molecule has 1 aromatic carbocycles. The highest BCUT2D eigenvalue weighted by atomic mass is 16.6. The number of guanidine groups is 1. The zero-order chi connectivity index (χ0) is 20.5. The summed E-state index contributed by atoms with van der Waals surface area (Å²) in [6.07, 6.45) is 6.18. The van der Waals surface area contributed by atoms with Crippen LogP contribution in [0.4, 0.5) is 5.69 Å². The van der Waals surface area contributed by atoms with Crippen LogP contribution in [0.1, 0.15) is 44.6 Å². The Balaban J connectivity index is 1.70. The molecule has 29 heavy (non-hydrogen) atoms. The van der Waals surface area contributed by atoms with Gasteiger partial charge < -0.3 is 15.4 Å². The second-order valence-corrected chi connectivity index (χ2v) is 7.82. The van der Waals surface area contributed by atoms with Gasteiger partial charge in [-0.1, -0.05) is 37.5 Å². The first-order chi connectivity index (χ1) is 14.1. The lowest BCUT2D eigenvalue weighted by atomic mass is 9.80. The van der Waals surface area contributed by atoms with E-state index in [1.165, 1.54) is 38.2 Å². The molecule has 160 valence electrons. The van der Waals surface area contributed by atoms with Crippen LogP contribution in [0, 0.1) is 10.1 Å². The molecule has 0 aromatic heterocycles. The topological polar surface area (TPSA) is 92.0 Å². The Kier molecular flexibility index (Phi) is 7.83. The standard InChI is InChI=1S/C21H33N5O3/c1-2-22-20(23-16-18-8-4-5-9-19(18)26(27)28)24-17-21(10-6-3-7-11-21)25-12-14-29-15-13-25/h4-5,8-9H,2-3,6-7,10-17H2,1H3,(H2,22,23,24). The van der Waals surface area contributed by atoms with Crippen molar-refractivity contribution in [2.75, 3.05) is 39.4 Å². The van der Waals surface area contributed by atoms with Crippen molar-refractivity contribution in [3.8, 4) is 0 Å². The number of morpholine rings is 1. The minimum absolute atomic E-state index is 0.115. The van der Waals surface area contributed by atoms with E-state index in [4.69, 9.17) is 4.74 Å². The molecule has 1 aliphatic heterocycles. The Morgan fingerprint density at radius 1 is 1.21 bits per heavy atom. The Hall–Kier alpha value is -2.19. The molecule has 2 aliphatic rings. The van der Waals surface area contributed by atoms with Gasteiger partial charge in [-0.25, -0.2) is 4.99 Å². The molecular formula is C21H33N5O3. The predicted molar refractivity (Wildman–Crippen MR) is 114 cm³/mol. The van der Waals surface area contributed by atoms with Gasteiger partial charge in [0, 0.05) is 37.8 Å². The predicted octanol–water partition coefficient (Wildman–Crippen LogP) is 2.69. The number of nitrogens with one attached hydrogen (secondary N) is 2. The average molecular weight is 404 g/mol. The van der Waals surface area contributed by atoms with Crippen molar-refractivity contribution in [2.45, 2.75) is 51.1 Å². The van der Waals surface area contributed by atoms with Crippen LogP contribution in [0.25, 0.3) is 0 Å². The third-order valence-electron chi connectivity index (χ3n) is 5.99. The average Bonchev–Trinajstić information content (AvgIpc) is 2.77. The van der Waals surface area contributed by atoms with Gasteiger partial charge in [-0.2, -0.15) is 0 Å². The molecule has 0 amide bonds. The van der Waals surface area contributed by atoms with Gasteiger partial charge in [-0.3, -0.25) is 15.0 Å². The number of nitrogens with zero attached hydrogens (tertiary/aromatic N) is 3. The van der Waals surface area contributed by atoms with E-state index >= 15 is 0 Å². The van der Waals surface area contributed by atoms with Gasteiger partial charge in [-0.15, -0.1) is 0 Å². The molecule has 8 nitrogen and oxygen atoms in total. The lowest BCUT2D eigenvalue weighted by Crippen LogP contribution is -2.60. The second kappa shape index (κ2) is 10.5. The first kappa shape index (κ1) is 21.5. The summed E-state index contributed by atoms with van der Waals surface area (Å²) in [7, 11) is 0. The van der Waals surface area contributed by atoms with Crippen molar-refractivity contribution in [1.29, 1.82) is 0 Å². The van der Waals surface area contributed by atoms with Crippen molar-refractivity contribution < 1.29 is 9.66 Å². The van der Waals surface area contributed by atoms with Gasteiger partial charge in [0.15, 0.2) is 5.96 Å². The number of rotatable bonds is 7. The van der Waals surface area contributed by atoms with Gasteiger partial charge in [0.2, 0.25) is 0 Å². The molecule has 1 aromatic rings. The monoisotopic (exact) mass is 403 g/mol. The Morgan fingerprint density at radius 2 is 1.93 bits per heavy atom. The summed E-state index contributed by atoms with van der Waals surface area (Å²) in [6.45, 7) is 7.43. The van der Waals surface area contributed by atoms with E-state index in [0.717, 1.165) is 39.4 Å². The summed E-state index contributed by atoms with van der Waals surface area (Å²) < 4.78 is 5.56. The van der Waals surface area contributed by atoms with Crippen LogP contribution in [-0.2, 0) is 11.3 Å². The maximum atomic E-state index is 11.3. The number of para-hydroxylation sites is 1. The summed E-state index contributed by atoms with van der Waals surface area (Å²) in [4.78, 5) is 18.1. The van der Waals surface area contributed by atoms with Crippen LogP contribution in [0.5, 0.6) is 0 Å². The minimum Gasteiger partial charge on any atom is -0.379 e. The molecule has 0 spiro atoms. The molecule has 2 fully saturated rings. The third-order valence-corrected chi connectivity index (χ3v) is 5.99. The molecule has 0 unspecified atom stereocenters. The van der Waals surface area contributed by atoms with Gasteiger partial charge in [0.25, 0.3) is 5.69 Å². The fourth-order valence-electron chi connectivity index (χ4n) is 4.43. The SMILES string of the molecule is CCNC(=NCc1ccccc1[N+](=O)[O-])NCC1(N2CCOCC2)CCCCC1. The molecule has 1 saturated heterocycles. The van der Waals surface area contributed by atoms with Crippen LogP contribution in [-0.4, -0.2) is 60.7 Å². The molecule has 8 heteroatoms. The first-order valence-electron chi connectivity index (χ1n) is 10.7. The number of ether oxygens (including phenoxy) is 1. The molecule has 0 radical (unpaired) electrons. The van der Waals surface area contributed by atoms with Crippen molar-refractivity contribution in [3.63, 3.8) is 0 Å². The maximum absolute atomic E-state index is 11.3. The van der Waals surface area contributed by atoms with E-state index in [-0.39, 0.29) is 22.7 Å². The van der Waals surface area contributed by atoms with Crippen LogP contribution < -0.4 is 10.6 Å². The fraction of sp³-hybridized carbons (Fsp3) is 0.667. The molecular weight excluding hydrogens is 370 g/mol. The number of nitro benzene ring substituents is 1. The smallest absolute Gasteiger partial charge is 0.274 e. The van der Waals surface area contributed by atoms with Gasteiger partial charge in [0.1, 0.15) is 0 Å². The van der Waals surface area contributed by atoms with E-state index in [9.17, 15) is 10.1 Å². The first-order valence-corrected chi connectivity index (χ1v) is 10.7.